The summed E-state index contributed by atoms with van der Waals surface area (Å²) < 4.78 is 45.9. The van der Waals surface area contributed by atoms with E-state index >= 15 is 0 Å². The van der Waals surface area contributed by atoms with Crippen molar-refractivity contribution in [2.24, 2.45) is 0 Å². The number of nitrogens with zero attached hydrogens (tertiary/aromatic N) is 2. The molecule has 1 rings (SSSR count). The van der Waals surface area contributed by atoms with Crippen molar-refractivity contribution in [3.8, 4) is 0 Å². The summed E-state index contributed by atoms with van der Waals surface area (Å²) in [4.78, 5) is 3.72. The van der Waals surface area contributed by atoms with E-state index < -0.39 is 24.8 Å². The Morgan fingerprint density at radius 2 is 2.12 bits per heavy atom. The SMILES string of the molecule is CCOC(C)c1noc(CC(O)C(F)(F)F)n1. The van der Waals surface area contributed by atoms with Crippen molar-refractivity contribution >= 4 is 0 Å². The van der Waals surface area contributed by atoms with Crippen LogP contribution in [0.2, 0.25) is 0 Å². The van der Waals surface area contributed by atoms with Crippen LogP contribution in [0.15, 0.2) is 4.52 Å². The first-order chi connectivity index (χ1) is 7.84. The van der Waals surface area contributed by atoms with Crippen LogP contribution in [0.1, 0.15) is 31.7 Å². The maximum Gasteiger partial charge on any atom is 0.414 e. The predicted molar refractivity (Wildman–Crippen MR) is 50.1 cm³/mol. The third-order valence-electron chi connectivity index (χ3n) is 2.01. The summed E-state index contributed by atoms with van der Waals surface area (Å²) >= 11 is 0. The van der Waals surface area contributed by atoms with Crippen molar-refractivity contribution in [1.29, 1.82) is 0 Å². The van der Waals surface area contributed by atoms with Gasteiger partial charge in [0.15, 0.2) is 11.9 Å². The first kappa shape index (κ1) is 13.9. The highest BCUT2D eigenvalue weighted by Gasteiger charge is 2.39. The van der Waals surface area contributed by atoms with Gasteiger partial charge in [0.05, 0.1) is 6.42 Å². The summed E-state index contributed by atoms with van der Waals surface area (Å²) in [5, 5.41) is 12.3. The Balaban J connectivity index is 2.63. The summed E-state index contributed by atoms with van der Waals surface area (Å²) in [5.74, 6) is -0.104. The molecule has 8 heteroatoms. The summed E-state index contributed by atoms with van der Waals surface area (Å²) in [5.41, 5.74) is 0. The van der Waals surface area contributed by atoms with E-state index in [1.54, 1.807) is 13.8 Å². The molecule has 0 aromatic carbocycles. The summed E-state index contributed by atoms with van der Waals surface area (Å²) in [6, 6.07) is 0. The number of hydrogen-bond acceptors (Lipinski definition) is 5. The van der Waals surface area contributed by atoms with Gasteiger partial charge in [0.1, 0.15) is 6.10 Å². The zero-order valence-electron chi connectivity index (χ0n) is 9.36. The standard InChI is InChI=1S/C9H13F3N2O3/c1-3-16-5(2)8-13-7(17-14-8)4-6(15)9(10,11)12/h5-6,15H,3-4H2,1-2H3. The monoisotopic (exact) mass is 254 g/mol. The number of aromatic nitrogens is 2. The van der Waals surface area contributed by atoms with E-state index in [2.05, 4.69) is 14.7 Å². The zero-order chi connectivity index (χ0) is 13.1. The molecule has 0 aliphatic carbocycles. The maximum absolute atomic E-state index is 12.1. The van der Waals surface area contributed by atoms with Gasteiger partial charge in [-0.05, 0) is 13.8 Å². The van der Waals surface area contributed by atoms with Gasteiger partial charge in [-0.3, -0.25) is 0 Å². The molecule has 0 saturated heterocycles. The van der Waals surface area contributed by atoms with Gasteiger partial charge in [0.25, 0.3) is 0 Å². The molecule has 1 N–H and O–H groups in total. The van der Waals surface area contributed by atoms with E-state index in [4.69, 9.17) is 9.84 Å². The predicted octanol–water partition coefficient (Wildman–Crippen LogP) is 1.63. The normalized spacial score (nSPS) is 15.9. The third kappa shape index (κ3) is 3.97. The molecule has 0 aliphatic heterocycles. The molecule has 0 amide bonds. The van der Waals surface area contributed by atoms with Crippen molar-refractivity contribution in [3.63, 3.8) is 0 Å². The molecule has 1 heterocycles. The average Bonchev–Trinajstić information content (AvgIpc) is 2.65. The molecule has 2 unspecified atom stereocenters. The Morgan fingerprint density at radius 3 is 2.65 bits per heavy atom. The Labute approximate surface area is 95.6 Å². The first-order valence-corrected chi connectivity index (χ1v) is 5.03. The van der Waals surface area contributed by atoms with Crippen molar-refractivity contribution < 1.29 is 27.5 Å². The van der Waals surface area contributed by atoms with Crippen LogP contribution in [0, 0.1) is 0 Å². The first-order valence-electron chi connectivity index (χ1n) is 5.03. The van der Waals surface area contributed by atoms with Gasteiger partial charge in [-0.15, -0.1) is 0 Å². The second-order valence-corrected chi connectivity index (χ2v) is 3.41. The molecule has 1 aromatic heterocycles. The van der Waals surface area contributed by atoms with Gasteiger partial charge in [-0.25, -0.2) is 0 Å². The van der Waals surface area contributed by atoms with Crippen LogP contribution in [0.5, 0.6) is 0 Å². The van der Waals surface area contributed by atoms with Crippen LogP contribution in [-0.2, 0) is 11.2 Å². The fourth-order valence-corrected chi connectivity index (χ4v) is 1.12. The largest absolute Gasteiger partial charge is 0.414 e. The average molecular weight is 254 g/mol. The van der Waals surface area contributed by atoms with Crippen LogP contribution in [0.25, 0.3) is 0 Å². The van der Waals surface area contributed by atoms with E-state index in [1.165, 1.54) is 0 Å². The smallest absolute Gasteiger partial charge is 0.383 e. The quantitative estimate of drug-likeness (QED) is 0.864. The Bertz CT molecular complexity index is 354. The van der Waals surface area contributed by atoms with E-state index in [1.807, 2.05) is 0 Å². The molecule has 0 aliphatic rings. The van der Waals surface area contributed by atoms with Crippen LogP contribution < -0.4 is 0 Å². The lowest BCUT2D eigenvalue weighted by Crippen LogP contribution is -2.30. The highest BCUT2D eigenvalue weighted by atomic mass is 19.4. The topological polar surface area (TPSA) is 68.4 Å². The van der Waals surface area contributed by atoms with E-state index in [-0.39, 0.29) is 11.7 Å². The molecule has 0 saturated carbocycles. The minimum absolute atomic E-state index is 0.163. The summed E-state index contributed by atoms with van der Waals surface area (Å²) in [7, 11) is 0. The van der Waals surface area contributed by atoms with Gasteiger partial charge in [0.2, 0.25) is 5.89 Å². The van der Waals surface area contributed by atoms with Gasteiger partial charge < -0.3 is 14.4 Å². The number of ether oxygens (including phenoxy) is 1. The highest BCUT2D eigenvalue weighted by Crippen LogP contribution is 2.23. The number of halogens is 3. The van der Waals surface area contributed by atoms with Gasteiger partial charge in [-0.2, -0.15) is 18.2 Å². The fraction of sp³-hybridized carbons (Fsp3) is 0.778. The minimum atomic E-state index is -4.69. The molecule has 98 valence electrons. The maximum atomic E-state index is 12.1. The lowest BCUT2D eigenvalue weighted by atomic mass is 10.2. The molecular formula is C9H13F3N2O3. The summed E-state index contributed by atoms with van der Waals surface area (Å²) in [6.45, 7) is 3.85. The molecule has 0 radical (unpaired) electrons. The Hall–Kier alpha value is -1.15. The molecule has 0 fully saturated rings. The minimum Gasteiger partial charge on any atom is -0.383 e. The Kier molecular flexibility index (Phi) is 4.47. The van der Waals surface area contributed by atoms with Gasteiger partial charge in [0, 0.05) is 6.61 Å². The molecular weight excluding hydrogens is 241 g/mol. The zero-order valence-corrected chi connectivity index (χ0v) is 9.36. The van der Waals surface area contributed by atoms with E-state index in [0.717, 1.165) is 0 Å². The third-order valence-corrected chi connectivity index (χ3v) is 2.01. The lowest BCUT2D eigenvalue weighted by molar-refractivity contribution is -0.204. The van der Waals surface area contributed by atoms with Crippen LogP contribution >= 0.6 is 0 Å². The molecule has 2 atom stereocenters. The number of aliphatic hydroxyl groups is 1. The van der Waals surface area contributed by atoms with Crippen LogP contribution in [0.3, 0.4) is 0 Å². The van der Waals surface area contributed by atoms with E-state index in [9.17, 15) is 13.2 Å². The molecule has 17 heavy (non-hydrogen) atoms. The van der Waals surface area contributed by atoms with Crippen LogP contribution in [0.4, 0.5) is 13.2 Å². The van der Waals surface area contributed by atoms with Crippen molar-refractivity contribution in [2.75, 3.05) is 6.61 Å². The number of rotatable bonds is 5. The van der Waals surface area contributed by atoms with Gasteiger partial charge in [-0.1, -0.05) is 5.16 Å². The number of aliphatic hydroxyl groups excluding tert-OH is 1. The van der Waals surface area contributed by atoms with Crippen molar-refractivity contribution in [3.05, 3.63) is 11.7 Å². The van der Waals surface area contributed by atoms with Crippen LogP contribution in [-0.4, -0.2) is 34.1 Å². The lowest BCUT2D eigenvalue weighted by Gasteiger charge is -2.11. The van der Waals surface area contributed by atoms with Gasteiger partial charge >= 0.3 is 6.18 Å². The second kappa shape index (κ2) is 5.46. The fourth-order valence-electron chi connectivity index (χ4n) is 1.12. The molecule has 0 bridgehead atoms. The van der Waals surface area contributed by atoms with Crippen molar-refractivity contribution in [1.82, 2.24) is 10.1 Å². The second-order valence-electron chi connectivity index (χ2n) is 3.41. The Morgan fingerprint density at radius 1 is 1.47 bits per heavy atom. The molecule has 0 spiro atoms. The van der Waals surface area contributed by atoms with E-state index in [0.29, 0.717) is 6.61 Å². The molecule has 1 aromatic rings. The molecule has 5 nitrogen and oxygen atoms in total. The van der Waals surface area contributed by atoms with Crippen molar-refractivity contribution in [2.45, 2.75) is 38.7 Å². The number of alkyl halides is 3. The summed E-state index contributed by atoms with van der Waals surface area (Å²) in [6.07, 6.45) is -8.41. The highest BCUT2D eigenvalue weighted by molar-refractivity contribution is 4.92. The number of hydrogen-bond donors (Lipinski definition) is 1.